The Balaban J connectivity index is 1.72. The molecule has 0 radical (unpaired) electrons. The number of pyridine rings is 2. The molecule has 0 fully saturated rings. The summed E-state index contributed by atoms with van der Waals surface area (Å²) in [6, 6.07) is 12.8. The van der Waals surface area contributed by atoms with Gasteiger partial charge in [-0.3, -0.25) is 20.1 Å². The normalized spacial score (nSPS) is 11.7. The summed E-state index contributed by atoms with van der Waals surface area (Å²) in [6.45, 7) is 0.819. The molecule has 0 saturated heterocycles. The van der Waals surface area contributed by atoms with Crippen molar-refractivity contribution in [1.29, 1.82) is 0 Å². The third-order valence-electron chi connectivity index (χ3n) is 3.89. The van der Waals surface area contributed by atoms with Crippen molar-refractivity contribution >= 4 is 5.91 Å². The van der Waals surface area contributed by atoms with Crippen molar-refractivity contribution in [2.24, 2.45) is 0 Å². The molecular weight excluding hydrogens is 331 g/mol. The summed E-state index contributed by atoms with van der Waals surface area (Å²) in [5, 5.41) is 6.07. The van der Waals surface area contributed by atoms with Crippen LogP contribution < -0.4 is 10.6 Å². The number of rotatable bonds is 7. The maximum atomic E-state index is 13.6. The number of benzene rings is 1. The van der Waals surface area contributed by atoms with E-state index in [1.807, 2.05) is 24.3 Å². The zero-order valence-electron chi connectivity index (χ0n) is 14.1. The van der Waals surface area contributed by atoms with Crippen LogP contribution in [0.25, 0.3) is 0 Å². The summed E-state index contributed by atoms with van der Waals surface area (Å²) in [7, 11) is 0. The minimum absolute atomic E-state index is 0.226. The lowest BCUT2D eigenvalue weighted by Gasteiger charge is -2.19. The Bertz CT molecular complexity index is 843. The van der Waals surface area contributed by atoms with Crippen LogP contribution in [0.4, 0.5) is 4.39 Å². The van der Waals surface area contributed by atoms with Crippen molar-refractivity contribution in [1.82, 2.24) is 20.6 Å². The van der Waals surface area contributed by atoms with E-state index in [1.54, 1.807) is 36.9 Å². The summed E-state index contributed by atoms with van der Waals surface area (Å²) in [6.07, 6.45) is 6.76. The van der Waals surface area contributed by atoms with Gasteiger partial charge < -0.3 is 5.32 Å². The van der Waals surface area contributed by atoms with E-state index < -0.39 is 6.04 Å². The third-order valence-corrected chi connectivity index (χ3v) is 3.89. The molecule has 1 amide bonds. The second-order valence-electron chi connectivity index (χ2n) is 5.80. The largest absolute Gasteiger partial charge is 0.350 e. The molecule has 1 atom stereocenters. The number of hydrogen-bond acceptors (Lipinski definition) is 4. The van der Waals surface area contributed by atoms with Gasteiger partial charge in [0.25, 0.3) is 0 Å². The van der Waals surface area contributed by atoms with Crippen LogP contribution in [-0.2, 0) is 17.9 Å². The first-order chi connectivity index (χ1) is 12.7. The standard InChI is InChI=1S/C20H19FN4O/c21-18-5-1-4-17(11-18)19(24-14-16-3-2-8-23-12-16)20(26)25-13-15-6-9-22-10-7-15/h1-12,19,24H,13-14H2,(H,25,26). The predicted molar refractivity (Wildman–Crippen MR) is 96.3 cm³/mol. The highest BCUT2D eigenvalue weighted by Gasteiger charge is 2.20. The number of amides is 1. The molecule has 0 bridgehead atoms. The van der Waals surface area contributed by atoms with Gasteiger partial charge in [0.15, 0.2) is 0 Å². The highest BCUT2D eigenvalue weighted by molar-refractivity contribution is 5.83. The van der Waals surface area contributed by atoms with Crippen LogP contribution in [-0.4, -0.2) is 15.9 Å². The number of nitrogens with zero attached hydrogens (tertiary/aromatic N) is 2. The lowest BCUT2D eigenvalue weighted by molar-refractivity contribution is -0.123. The van der Waals surface area contributed by atoms with Gasteiger partial charge in [0.05, 0.1) is 0 Å². The Morgan fingerprint density at radius 1 is 0.962 bits per heavy atom. The Hall–Kier alpha value is -3.12. The molecule has 1 aromatic carbocycles. The molecule has 0 saturated carbocycles. The Morgan fingerprint density at radius 2 is 1.81 bits per heavy atom. The highest BCUT2D eigenvalue weighted by Crippen LogP contribution is 2.16. The van der Waals surface area contributed by atoms with E-state index in [4.69, 9.17) is 0 Å². The van der Waals surface area contributed by atoms with Gasteiger partial charge in [-0.25, -0.2) is 4.39 Å². The summed E-state index contributed by atoms with van der Waals surface area (Å²) in [5.41, 5.74) is 2.45. The molecule has 2 aromatic heterocycles. The van der Waals surface area contributed by atoms with Gasteiger partial charge in [0.1, 0.15) is 11.9 Å². The predicted octanol–water partition coefficient (Wildman–Crippen LogP) is 2.76. The fourth-order valence-corrected chi connectivity index (χ4v) is 2.56. The lowest BCUT2D eigenvalue weighted by Crippen LogP contribution is -2.37. The van der Waals surface area contributed by atoms with Gasteiger partial charge in [-0.2, -0.15) is 0 Å². The average Bonchev–Trinajstić information content (AvgIpc) is 2.68. The van der Waals surface area contributed by atoms with Crippen LogP contribution in [0.1, 0.15) is 22.7 Å². The molecule has 0 aliphatic rings. The van der Waals surface area contributed by atoms with E-state index in [0.29, 0.717) is 18.7 Å². The summed E-state index contributed by atoms with van der Waals surface area (Å²) < 4.78 is 13.6. The van der Waals surface area contributed by atoms with Gasteiger partial charge in [-0.1, -0.05) is 18.2 Å². The molecule has 6 heteroatoms. The number of halogens is 1. The van der Waals surface area contributed by atoms with Gasteiger partial charge in [-0.15, -0.1) is 0 Å². The molecule has 1 unspecified atom stereocenters. The molecule has 3 aromatic rings. The molecule has 0 aliphatic heterocycles. The third kappa shape index (κ3) is 4.94. The zero-order valence-corrected chi connectivity index (χ0v) is 14.1. The van der Waals surface area contributed by atoms with Crippen LogP contribution in [0.15, 0.2) is 73.3 Å². The fourth-order valence-electron chi connectivity index (χ4n) is 2.56. The van der Waals surface area contributed by atoms with E-state index in [2.05, 4.69) is 20.6 Å². The summed E-state index contributed by atoms with van der Waals surface area (Å²) in [4.78, 5) is 20.7. The minimum atomic E-state index is -0.673. The van der Waals surface area contributed by atoms with Gasteiger partial charge >= 0.3 is 0 Å². The molecule has 0 spiro atoms. The van der Waals surface area contributed by atoms with Crippen molar-refractivity contribution in [3.8, 4) is 0 Å². The van der Waals surface area contributed by atoms with Crippen LogP contribution in [0.5, 0.6) is 0 Å². The van der Waals surface area contributed by atoms with E-state index >= 15 is 0 Å². The SMILES string of the molecule is O=C(NCc1ccncc1)C(NCc1cccnc1)c1cccc(F)c1. The molecular formula is C20H19FN4O. The summed E-state index contributed by atoms with van der Waals surface area (Å²) in [5.74, 6) is -0.603. The first kappa shape index (κ1) is 17.7. The van der Waals surface area contributed by atoms with Crippen molar-refractivity contribution in [3.05, 3.63) is 95.8 Å². The van der Waals surface area contributed by atoms with Crippen LogP contribution in [0.3, 0.4) is 0 Å². The number of carbonyl (C=O) groups is 1. The first-order valence-electron chi connectivity index (χ1n) is 8.27. The van der Waals surface area contributed by atoms with Crippen LogP contribution in [0, 0.1) is 5.82 Å². The maximum Gasteiger partial charge on any atom is 0.242 e. The van der Waals surface area contributed by atoms with E-state index in [0.717, 1.165) is 11.1 Å². The van der Waals surface area contributed by atoms with Gasteiger partial charge in [-0.05, 0) is 47.0 Å². The van der Waals surface area contributed by atoms with E-state index in [1.165, 1.54) is 12.1 Å². The maximum absolute atomic E-state index is 13.6. The molecule has 0 aliphatic carbocycles. The lowest BCUT2D eigenvalue weighted by atomic mass is 10.1. The Morgan fingerprint density at radius 3 is 2.54 bits per heavy atom. The Kier molecular flexibility index (Phi) is 6.01. The quantitative estimate of drug-likeness (QED) is 0.688. The zero-order chi connectivity index (χ0) is 18.2. The minimum Gasteiger partial charge on any atom is -0.350 e. The van der Waals surface area contributed by atoms with Crippen molar-refractivity contribution < 1.29 is 9.18 Å². The number of nitrogens with one attached hydrogen (secondary N) is 2. The fraction of sp³-hybridized carbons (Fsp3) is 0.150. The molecule has 3 rings (SSSR count). The van der Waals surface area contributed by atoms with E-state index in [9.17, 15) is 9.18 Å². The average molecular weight is 350 g/mol. The van der Waals surface area contributed by atoms with Gasteiger partial charge in [0, 0.05) is 37.9 Å². The second-order valence-corrected chi connectivity index (χ2v) is 5.80. The molecule has 26 heavy (non-hydrogen) atoms. The topological polar surface area (TPSA) is 66.9 Å². The smallest absolute Gasteiger partial charge is 0.242 e. The molecule has 132 valence electrons. The van der Waals surface area contributed by atoms with Crippen molar-refractivity contribution in [2.45, 2.75) is 19.1 Å². The molecule has 2 N–H and O–H groups in total. The highest BCUT2D eigenvalue weighted by atomic mass is 19.1. The van der Waals surface area contributed by atoms with Crippen molar-refractivity contribution in [3.63, 3.8) is 0 Å². The van der Waals surface area contributed by atoms with E-state index in [-0.39, 0.29) is 11.7 Å². The van der Waals surface area contributed by atoms with Crippen LogP contribution >= 0.6 is 0 Å². The molecule has 2 heterocycles. The summed E-state index contributed by atoms with van der Waals surface area (Å²) >= 11 is 0. The van der Waals surface area contributed by atoms with Gasteiger partial charge in [0.2, 0.25) is 5.91 Å². The second kappa shape index (κ2) is 8.82. The van der Waals surface area contributed by atoms with Crippen LogP contribution in [0.2, 0.25) is 0 Å². The number of carbonyl (C=O) groups excluding carboxylic acids is 1. The first-order valence-corrected chi connectivity index (χ1v) is 8.27. The monoisotopic (exact) mass is 350 g/mol. The van der Waals surface area contributed by atoms with Crippen molar-refractivity contribution in [2.75, 3.05) is 0 Å². The Labute approximate surface area is 151 Å². The molecule has 5 nitrogen and oxygen atoms in total. The number of hydrogen-bond donors (Lipinski definition) is 2. The number of aromatic nitrogens is 2.